The molecule has 0 saturated carbocycles. The van der Waals surface area contributed by atoms with E-state index >= 15 is 0 Å². The summed E-state index contributed by atoms with van der Waals surface area (Å²) in [4.78, 5) is 9.11. The molecule has 0 N–H and O–H groups in total. The van der Waals surface area contributed by atoms with Gasteiger partial charge in [-0.1, -0.05) is 49.2 Å². The van der Waals surface area contributed by atoms with Crippen LogP contribution in [0.5, 0.6) is 0 Å². The van der Waals surface area contributed by atoms with E-state index in [2.05, 4.69) is 95.1 Å². The van der Waals surface area contributed by atoms with Crippen LogP contribution in [0.1, 0.15) is 66.9 Å². The van der Waals surface area contributed by atoms with Crippen molar-refractivity contribution in [1.82, 2.24) is 9.97 Å². The molecule has 0 unspecified atom stereocenters. The first-order valence-electron chi connectivity index (χ1n) is 19.8. The van der Waals surface area contributed by atoms with Crippen molar-refractivity contribution in [2.24, 2.45) is 5.92 Å². The van der Waals surface area contributed by atoms with E-state index in [1.54, 1.807) is 6.07 Å². The van der Waals surface area contributed by atoms with Gasteiger partial charge in [-0.25, -0.2) is 4.98 Å². The number of pyridine rings is 4. The fourth-order valence-electron chi connectivity index (χ4n) is 6.42. The average molecular weight is 930 g/mol. The molecule has 0 aliphatic heterocycles. The molecule has 0 aliphatic carbocycles. The molecular weight excluding hydrogens is 877 g/mol. The molecule has 1 radical (unpaired) electrons. The number of benzene rings is 3. The van der Waals surface area contributed by atoms with Gasteiger partial charge < -0.3 is 13.6 Å². The van der Waals surface area contributed by atoms with Crippen molar-refractivity contribution >= 4 is 22.1 Å². The van der Waals surface area contributed by atoms with Gasteiger partial charge >= 0.3 is 0 Å². The fraction of sp³-hybridized carbons (Fsp3) is 0.176. The zero-order valence-corrected chi connectivity index (χ0v) is 36.1. The van der Waals surface area contributed by atoms with Crippen molar-refractivity contribution < 1.29 is 36.4 Å². The summed E-state index contributed by atoms with van der Waals surface area (Å²) >= 11 is 0. The van der Waals surface area contributed by atoms with E-state index in [0.717, 1.165) is 62.0 Å². The molecular formula is C51H51IrN4O-3. The van der Waals surface area contributed by atoms with Crippen molar-refractivity contribution in [3.8, 4) is 22.5 Å². The Labute approximate surface area is 355 Å². The Morgan fingerprint density at radius 2 is 1.47 bits per heavy atom. The second kappa shape index (κ2) is 18.9. The second-order valence-corrected chi connectivity index (χ2v) is 14.5. The van der Waals surface area contributed by atoms with Crippen LogP contribution in [0.4, 0.5) is 0 Å². The van der Waals surface area contributed by atoms with Gasteiger partial charge in [0.15, 0.2) is 0 Å². The molecule has 5 nitrogen and oxygen atoms in total. The molecule has 8 aromatic rings. The minimum Gasteiger partial charge on any atom is -0.450 e. The van der Waals surface area contributed by atoms with Crippen LogP contribution in [0.25, 0.3) is 44.6 Å². The first kappa shape index (κ1) is 39.4. The summed E-state index contributed by atoms with van der Waals surface area (Å²) in [7, 11) is 7.96. The van der Waals surface area contributed by atoms with Crippen LogP contribution < -0.4 is 9.13 Å². The summed E-state index contributed by atoms with van der Waals surface area (Å²) in [5.41, 5.74) is 14.4. The number of nitrogens with zero attached hydrogens (tertiary/aromatic N) is 4. The molecule has 293 valence electrons. The van der Waals surface area contributed by atoms with Crippen LogP contribution in [0.2, 0.25) is 0 Å². The normalized spacial score (nSPS) is 11.5. The van der Waals surface area contributed by atoms with Crippen molar-refractivity contribution in [3.63, 3.8) is 0 Å². The van der Waals surface area contributed by atoms with E-state index in [9.17, 15) is 0 Å². The standard InChI is InChI=1S/C23H23N2O.C15H16N.C13H12N.Ir/c1-13(2)10-17-7-9-19-18-8-6-14(3)21(22(18)26-23(19)25-17)20-11-15(4)16(5)12-24-20;1-12-8-9-15(16(3)11-12)10-14-7-5-4-6-13(14)2;1-11-8-9-13(14(2)10-11)12-6-4-3-5-7-12;/h6-9,11-13H,3,10H2,1-2,4-5H3;4-9,11H,2-3,10H2,1H3;3-6,8-10H,2H2,1H3;/q3*-1;/i10D2;;;. The Balaban J connectivity index is 0.000000182. The van der Waals surface area contributed by atoms with E-state index in [-0.39, 0.29) is 26.0 Å². The number of fused-ring (bicyclic) bond motifs is 3. The van der Waals surface area contributed by atoms with E-state index < -0.39 is 6.37 Å². The predicted octanol–water partition coefficient (Wildman–Crippen LogP) is 11.1. The number of aryl methyl sites for hydroxylation is 4. The minimum absolute atomic E-state index is 0. The van der Waals surface area contributed by atoms with Gasteiger partial charge in [-0.3, -0.25) is 4.98 Å². The molecule has 0 bridgehead atoms. The molecule has 5 aromatic heterocycles. The number of hydrogen-bond acceptors (Lipinski definition) is 3. The molecule has 57 heavy (non-hydrogen) atoms. The molecule has 0 fully saturated rings. The van der Waals surface area contributed by atoms with Gasteiger partial charge in [0.25, 0.3) is 0 Å². The van der Waals surface area contributed by atoms with E-state index in [1.807, 2.05) is 115 Å². The molecule has 5 heterocycles. The zero-order valence-electron chi connectivity index (χ0n) is 35.7. The number of furan rings is 1. The van der Waals surface area contributed by atoms with Crippen molar-refractivity contribution in [2.75, 3.05) is 0 Å². The fourth-order valence-corrected chi connectivity index (χ4v) is 6.42. The first-order valence-corrected chi connectivity index (χ1v) is 18.8. The average Bonchev–Trinajstić information content (AvgIpc) is 3.56. The molecule has 3 aromatic carbocycles. The topological polar surface area (TPSA) is 46.7 Å². The van der Waals surface area contributed by atoms with Gasteiger partial charge in [0.05, 0.1) is 23.7 Å². The van der Waals surface area contributed by atoms with E-state index in [4.69, 9.17) is 7.16 Å². The van der Waals surface area contributed by atoms with Gasteiger partial charge in [0.1, 0.15) is 5.69 Å². The van der Waals surface area contributed by atoms with Gasteiger partial charge in [-0.05, 0) is 92.9 Å². The molecule has 0 amide bonds. The maximum atomic E-state index is 8.33. The summed E-state index contributed by atoms with van der Waals surface area (Å²) in [5.74, 6) is -0.191. The van der Waals surface area contributed by atoms with Gasteiger partial charge in [0.2, 0.25) is 5.71 Å². The third kappa shape index (κ3) is 10.3. The van der Waals surface area contributed by atoms with Crippen molar-refractivity contribution in [1.29, 1.82) is 0 Å². The van der Waals surface area contributed by atoms with Crippen LogP contribution in [0.3, 0.4) is 0 Å². The quantitative estimate of drug-likeness (QED) is 0.123. The maximum Gasteiger partial charge on any atom is 0.226 e. The Morgan fingerprint density at radius 3 is 2.14 bits per heavy atom. The van der Waals surface area contributed by atoms with Crippen molar-refractivity contribution in [3.05, 3.63) is 206 Å². The first-order chi connectivity index (χ1) is 27.6. The van der Waals surface area contributed by atoms with Crippen LogP contribution in [-0.4, -0.2) is 9.97 Å². The van der Waals surface area contributed by atoms with Crippen molar-refractivity contribution in [2.45, 2.75) is 54.3 Å². The monoisotopic (exact) mass is 930 g/mol. The number of hydrogen-bond donors (Lipinski definition) is 0. The molecule has 0 saturated heterocycles. The molecule has 0 spiro atoms. The largest absolute Gasteiger partial charge is 0.450 e. The molecule has 0 aliphatic rings. The third-order valence-electron chi connectivity index (χ3n) is 9.57. The molecule has 8 rings (SSSR count). The summed E-state index contributed by atoms with van der Waals surface area (Å²) in [6, 6.07) is 37.3. The summed E-state index contributed by atoms with van der Waals surface area (Å²) in [6.07, 6.45) is 5.27. The minimum atomic E-state index is -1.52. The van der Waals surface area contributed by atoms with Crippen LogP contribution in [0.15, 0.2) is 126 Å². The van der Waals surface area contributed by atoms with Crippen LogP contribution >= 0.6 is 0 Å². The Bertz CT molecular complexity index is 2710. The summed E-state index contributed by atoms with van der Waals surface area (Å²) in [6.45, 7) is 20.1. The number of rotatable bonds is 6. The zero-order chi connectivity index (χ0) is 41.7. The third-order valence-corrected chi connectivity index (χ3v) is 9.57. The Hall–Kier alpha value is -5.81. The molecule has 0 atom stereocenters. The number of aromatic nitrogens is 4. The summed E-state index contributed by atoms with van der Waals surface area (Å²) in [5, 5.41) is 1.80. The smallest absolute Gasteiger partial charge is 0.226 e. The van der Waals surface area contributed by atoms with E-state index in [1.165, 1.54) is 22.4 Å². The van der Waals surface area contributed by atoms with Gasteiger partial charge in [-0.2, -0.15) is 42.7 Å². The molecule has 6 heteroatoms. The SMILES string of the molecule is [2H]C([2H])(c1ccc2c(n1)oc1c(-c3cc(C)c(C)cn3)c([CH2-])ccc12)C(C)C.[CH2-][n+]1cc(C)ccc1-c1[c-]cccc1.[CH2-]c1ccccc1Cc1ccc(C)c[n+]1[CH2-].[Ir]. The summed E-state index contributed by atoms with van der Waals surface area (Å²) < 4.78 is 26.6. The Morgan fingerprint density at radius 1 is 0.772 bits per heavy atom. The van der Waals surface area contributed by atoms with Crippen LogP contribution in [-0.2, 0) is 32.9 Å². The second-order valence-electron chi connectivity index (χ2n) is 14.5. The van der Waals surface area contributed by atoms with Gasteiger partial charge in [-0.15, -0.1) is 48.5 Å². The predicted molar refractivity (Wildman–Crippen MR) is 229 cm³/mol. The van der Waals surface area contributed by atoms with Gasteiger partial charge in [0, 0.05) is 65.3 Å². The van der Waals surface area contributed by atoms with E-state index in [0.29, 0.717) is 17.0 Å². The van der Waals surface area contributed by atoms with Crippen LogP contribution in [0, 0.1) is 67.6 Å². The Kier molecular flexibility index (Phi) is 13.1. The maximum absolute atomic E-state index is 8.33.